The highest BCUT2D eigenvalue weighted by Crippen LogP contribution is 2.47. The summed E-state index contributed by atoms with van der Waals surface area (Å²) < 4.78 is 47.2. The minimum atomic E-state index is -2.21. The molecule has 4 saturated heterocycles. The smallest absolute Gasteiger partial charge is 0.330 e. The third-order valence-electron chi connectivity index (χ3n) is 10.8. The van der Waals surface area contributed by atoms with E-state index in [4.69, 9.17) is 32.8 Å². The van der Waals surface area contributed by atoms with Crippen molar-refractivity contribution in [3.05, 3.63) is 65.7 Å². The molecule has 4 aliphatic rings. The highest BCUT2D eigenvalue weighted by Gasteiger charge is 2.58. The predicted molar refractivity (Wildman–Crippen MR) is 187 cm³/mol. The van der Waals surface area contributed by atoms with Gasteiger partial charge in [0.15, 0.2) is 32.3 Å². The summed E-state index contributed by atoms with van der Waals surface area (Å²) >= 11 is 1.43. The van der Waals surface area contributed by atoms with Gasteiger partial charge in [-0.2, -0.15) is 11.8 Å². The number of ether oxygens (including phenoxy) is 6. The maximum absolute atomic E-state index is 13.5. The van der Waals surface area contributed by atoms with Crippen LogP contribution in [-0.4, -0.2) is 88.0 Å². The third-order valence-corrected chi connectivity index (χ3v) is 16.5. The number of thioether (sulfide) groups is 1. The van der Waals surface area contributed by atoms with Gasteiger partial charge in [-0.1, -0.05) is 27.7 Å². The van der Waals surface area contributed by atoms with Crippen molar-refractivity contribution in [1.29, 1.82) is 0 Å². The van der Waals surface area contributed by atoms with Gasteiger partial charge in [-0.3, -0.25) is 28.7 Å². The van der Waals surface area contributed by atoms with Gasteiger partial charge in [0.25, 0.3) is 11.1 Å². The lowest BCUT2D eigenvalue weighted by atomic mass is 9.99. The van der Waals surface area contributed by atoms with Gasteiger partial charge in [0, 0.05) is 35.5 Å². The molecule has 0 radical (unpaired) electrons. The molecule has 6 heterocycles. The van der Waals surface area contributed by atoms with E-state index in [2.05, 4.69) is 50.8 Å². The largest absolute Gasteiger partial charge is 0.414 e. The number of hydrogen-bond donors (Lipinski definition) is 2. The third kappa shape index (κ3) is 7.04. The van der Waals surface area contributed by atoms with E-state index in [-0.39, 0.29) is 17.4 Å². The molecule has 0 unspecified atom stereocenters. The van der Waals surface area contributed by atoms with Crippen molar-refractivity contribution in [3.63, 3.8) is 0 Å². The van der Waals surface area contributed by atoms with Gasteiger partial charge in [-0.15, -0.1) is 0 Å². The molecule has 15 nitrogen and oxygen atoms in total. The second-order valence-corrected chi connectivity index (χ2v) is 21.4. The Morgan fingerprint density at radius 1 is 0.860 bits per heavy atom. The average molecular weight is 739 g/mol. The molecule has 17 heteroatoms. The monoisotopic (exact) mass is 738 g/mol. The van der Waals surface area contributed by atoms with Gasteiger partial charge in [0.1, 0.15) is 30.5 Å². The van der Waals surface area contributed by atoms with Gasteiger partial charge >= 0.3 is 11.4 Å². The van der Waals surface area contributed by atoms with Crippen LogP contribution in [0.1, 0.15) is 73.5 Å². The summed E-state index contributed by atoms with van der Waals surface area (Å²) in [4.78, 5) is 55.1. The van der Waals surface area contributed by atoms with E-state index in [9.17, 15) is 19.2 Å². The quantitative estimate of drug-likeness (QED) is 0.323. The minimum Gasteiger partial charge on any atom is -0.414 e. The molecule has 4 aliphatic heterocycles. The van der Waals surface area contributed by atoms with Crippen molar-refractivity contribution in [2.45, 2.75) is 140 Å². The molecular weight excluding hydrogens is 689 g/mol. The summed E-state index contributed by atoms with van der Waals surface area (Å²) in [5.74, 6) is -0.804. The highest BCUT2D eigenvalue weighted by atomic mass is 32.2. The Morgan fingerprint density at radius 2 is 1.42 bits per heavy atom. The summed E-state index contributed by atoms with van der Waals surface area (Å²) in [6, 6.07) is 2.63. The van der Waals surface area contributed by atoms with E-state index in [0.717, 1.165) is 0 Å². The second-order valence-electron chi connectivity index (χ2n) is 15.8. The van der Waals surface area contributed by atoms with Crippen LogP contribution < -0.4 is 22.5 Å². The van der Waals surface area contributed by atoms with Crippen molar-refractivity contribution in [2.24, 2.45) is 5.92 Å². The first kappa shape index (κ1) is 37.4. The average Bonchev–Trinajstić information content (AvgIpc) is 3.68. The molecule has 0 aromatic carbocycles. The van der Waals surface area contributed by atoms with E-state index in [1.165, 1.54) is 39.2 Å². The van der Waals surface area contributed by atoms with Crippen LogP contribution >= 0.6 is 11.8 Å². The van der Waals surface area contributed by atoms with Gasteiger partial charge in [-0.05, 0) is 51.7 Å². The molecule has 8 atom stereocenters. The summed E-state index contributed by atoms with van der Waals surface area (Å²) in [7, 11) is -2.21. The molecule has 0 bridgehead atoms. The normalized spacial score (nSPS) is 31.7. The molecule has 0 amide bonds. The van der Waals surface area contributed by atoms with E-state index in [0.29, 0.717) is 17.4 Å². The van der Waals surface area contributed by atoms with Gasteiger partial charge in [0.2, 0.25) is 0 Å². The predicted octanol–water partition coefficient (Wildman–Crippen LogP) is 2.81. The summed E-state index contributed by atoms with van der Waals surface area (Å²) in [5.41, 5.74) is -1.86. The maximum atomic E-state index is 13.5. The van der Waals surface area contributed by atoms with Crippen LogP contribution in [-0.2, 0) is 38.6 Å². The Kier molecular flexibility index (Phi) is 9.91. The molecule has 4 fully saturated rings. The maximum Gasteiger partial charge on any atom is 0.330 e. The Bertz CT molecular complexity index is 1820. The van der Waals surface area contributed by atoms with E-state index in [1.54, 1.807) is 13.8 Å². The van der Waals surface area contributed by atoms with Crippen LogP contribution in [0, 0.1) is 5.92 Å². The van der Waals surface area contributed by atoms with Gasteiger partial charge in [0.05, 0.1) is 12.7 Å². The van der Waals surface area contributed by atoms with E-state index >= 15 is 0 Å². The minimum absolute atomic E-state index is 0.0125. The zero-order chi connectivity index (χ0) is 36.6. The molecule has 2 N–H and O–H groups in total. The fourth-order valence-electron chi connectivity index (χ4n) is 7.04. The molecule has 0 spiro atoms. The lowest BCUT2D eigenvalue weighted by Crippen LogP contribution is -2.47. The molecule has 6 rings (SSSR count). The molecule has 0 aliphatic carbocycles. The highest BCUT2D eigenvalue weighted by molar-refractivity contribution is 7.98. The number of nitrogens with zero attached hydrogens (tertiary/aromatic N) is 2. The molecule has 0 saturated carbocycles. The van der Waals surface area contributed by atoms with Crippen LogP contribution in [0.3, 0.4) is 0 Å². The van der Waals surface area contributed by atoms with Gasteiger partial charge < -0.3 is 32.8 Å². The van der Waals surface area contributed by atoms with Crippen molar-refractivity contribution in [3.8, 4) is 0 Å². The van der Waals surface area contributed by atoms with Crippen LogP contribution in [0.15, 0.2) is 37.5 Å². The lowest BCUT2D eigenvalue weighted by Gasteiger charge is -2.43. The van der Waals surface area contributed by atoms with Crippen LogP contribution in [0.2, 0.25) is 18.1 Å². The molecule has 278 valence electrons. The summed E-state index contributed by atoms with van der Waals surface area (Å²) in [6.45, 7) is 20.8. The Morgan fingerprint density at radius 3 is 2.04 bits per heavy atom. The van der Waals surface area contributed by atoms with Crippen molar-refractivity contribution >= 4 is 20.1 Å². The number of nitrogens with one attached hydrogen (secondary N) is 2. The van der Waals surface area contributed by atoms with Crippen molar-refractivity contribution in [2.75, 3.05) is 12.4 Å². The first-order chi connectivity index (χ1) is 23.2. The molecular formula is C33H50N4O11SSi. The number of rotatable bonds is 11. The zero-order valence-electron chi connectivity index (χ0n) is 30.3. The summed E-state index contributed by atoms with van der Waals surface area (Å²) in [5, 5.41) is -0.0125. The molecule has 2 aromatic rings. The Labute approximate surface area is 295 Å². The zero-order valence-corrected chi connectivity index (χ0v) is 32.2. The lowest BCUT2D eigenvalue weighted by molar-refractivity contribution is -0.200. The van der Waals surface area contributed by atoms with Crippen molar-refractivity contribution in [1.82, 2.24) is 19.1 Å². The SMILES string of the molecule is CC(C)C(C)(C)[Si](C)(C)OC[C@H]1O[C@@H](n2c(CSC[C@H]3O[C@@H](n4ccc(=O)[nH]c4=O)[C@@H]4OC(C)(C)O[C@@H]43)cc(=O)[nH]c2=O)[C@@H]2OC(C)(C)O[C@@H]21. The Hall–Kier alpha value is -2.35. The number of hydrogen-bond acceptors (Lipinski definition) is 12. The number of aromatic amines is 2. The number of fused-ring (bicyclic) bond motifs is 2. The fourth-order valence-corrected chi connectivity index (χ4v) is 10.4. The van der Waals surface area contributed by atoms with Crippen LogP contribution in [0.5, 0.6) is 0 Å². The number of aromatic nitrogens is 4. The standard InChI is InChI=1S/C33H50N4O11SSi/c1-17(2)31(3,4)50(9,10)42-14-19-23-26(48-32(5,6)45-23)28(43-19)37-18(13-22(39)35-30(37)41)15-49-16-20-24-25(47-33(7,8)46-24)27(44-20)36-12-11-21(38)34-29(36)40/h11-13,17,19-20,23-28H,14-16H2,1-10H3,(H,34,38,40)(H,35,39,41)/t19-,20-,23-,24-,25-,26-,27-,28-/m1/s1. The second kappa shape index (κ2) is 13.3. The molecule has 2 aromatic heterocycles. The Balaban J connectivity index is 1.21. The van der Waals surface area contributed by atoms with E-state index < -0.39 is 91.5 Å². The van der Waals surface area contributed by atoms with Gasteiger partial charge in [-0.25, -0.2) is 9.59 Å². The topological polar surface area (TPSA) is 174 Å². The summed E-state index contributed by atoms with van der Waals surface area (Å²) in [6.07, 6.45) is -3.61. The fraction of sp³-hybridized carbons (Fsp3) is 0.758. The van der Waals surface area contributed by atoms with E-state index in [1.807, 2.05) is 13.8 Å². The van der Waals surface area contributed by atoms with Crippen LogP contribution in [0.25, 0.3) is 0 Å². The van der Waals surface area contributed by atoms with Crippen molar-refractivity contribution < 1.29 is 32.8 Å². The number of H-pyrrole nitrogens is 2. The molecule has 50 heavy (non-hydrogen) atoms. The first-order valence-corrected chi connectivity index (χ1v) is 21.2. The first-order valence-electron chi connectivity index (χ1n) is 17.1. The van der Waals surface area contributed by atoms with Crippen LogP contribution in [0.4, 0.5) is 0 Å².